The minimum atomic E-state index is 0.0340. The first-order valence-electron chi connectivity index (χ1n) is 19.4. The molecule has 1 fully saturated rings. The molecule has 9 rings (SSSR count). The Bertz CT molecular complexity index is 2000. The van der Waals surface area contributed by atoms with E-state index in [1.54, 1.807) is 5.57 Å². The van der Waals surface area contributed by atoms with Crippen molar-refractivity contribution in [2.45, 2.75) is 105 Å². The summed E-state index contributed by atoms with van der Waals surface area (Å²) in [7, 11) is 0. The molecule has 0 spiro atoms. The van der Waals surface area contributed by atoms with Crippen molar-refractivity contribution in [3.05, 3.63) is 165 Å². The minimum absolute atomic E-state index is 0.0340. The Labute approximate surface area is 329 Å². The van der Waals surface area contributed by atoms with Crippen LogP contribution in [0.2, 0.25) is 0 Å². The molecule has 0 bridgehead atoms. The van der Waals surface area contributed by atoms with Gasteiger partial charge < -0.3 is 0 Å². The molecule has 0 aliphatic heterocycles. The van der Waals surface area contributed by atoms with Crippen LogP contribution in [-0.4, -0.2) is 3.21 Å². The van der Waals surface area contributed by atoms with Crippen LogP contribution < -0.4 is 0 Å². The van der Waals surface area contributed by atoms with Gasteiger partial charge in [0, 0.05) is 5.41 Å². The monoisotopic (exact) mass is 756 g/mol. The van der Waals surface area contributed by atoms with E-state index in [0.717, 1.165) is 6.42 Å². The SMILES string of the molecule is CC1=[C-]C(C)(C)c2cc3c(cc21)-c1cc2c(cc1C3)C(C)(C)C=C2C.CC1[C-]=CC(C2(C)CCCCC2)=C1.[Zr+2]=[C](c1ccccc1)c1ccccc1. The maximum atomic E-state index is 3.65. The summed E-state index contributed by atoms with van der Waals surface area (Å²) >= 11 is 1.46. The van der Waals surface area contributed by atoms with E-state index in [9.17, 15) is 0 Å². The number of allylic oxidation sites excluding steroid dienone is 8. The summed E-state index contributed by atoms with van der Waals surface area (Å²) in [4.78, 5) is 0. The van der Waals surface area contributed by atoms with Crippen LogP contribution in [0.4, 0.5) is 0 Å². The van der Waals surface area contributed by atoms with Crippen LogP contribution in [0.5, 0.6) is 0 Å². The second kappa shape index (κ2) is 14.4. The molecule has 5 aliphatic rings. The summed E-state index contributed by atoms with van der Waals surface area (Å²) in [6, 6.07) is 30.9. The van der Waals surface area contributed by atoms with E-state index in [1.165, 1.54) is 126 Å². The number of hydrogen-bond acceptors (Lipinski definition) is 0. The van der Waals surface area contributed by atoms with Gasteiger partial charge in [0.1, 0.15) is 0 Å². The number of benzene rings is 4. The molecular weight excluding hydrogens is 704 g/mol. The van der Waals surface area contributed by atoms with Crippen molar-refractivity contribution in [3.63, 3.8) is 0 Å². The zero-order valence-electron chi connectivity index (χ0n) is 32.6. The summed E-state index contributed by atoms with van der Waals surface area (Å²) in [6.07, 6.45) is 22.2. The van der Waals surface area contributed by atoms with E-state index in [4.69, 9.17) is 0 Å². The Kier molecular flexibility index (Phi) is 10.3. The molecule has 0 radical (unpaired) electrons. The van der Waals surface area contributed by atoms with E-state index < -0.39 is 0 Å². The van der Waals surface area contributed by atoms with E-state index in [0.29, 0.717) is 11.3 Å². The van der Waals surface area contributed by atoms with Crippen LogP contribution in [0.25, 0.3) is 22.3 Å². The molecule has 0 nitrogen and oxygen atoms in total. The van der Waals surface area contributed by atoms with Gasteiger partial charge in [-0.3, -0.25) is 12.2 Å². The predicted molar refractivity (Wildman–Crippen MR) is 219 cm³/mol. The van der Waals surface area contributed by atoms with Crippen molar-refractivity contribution in [2.24, 2.45) is 11.3 Å². The zero-order chi connectivity index (χ0) is 36.8. The number of hydrogen-bond donors (Lipinski definition) is 0. The summed E-state index contributed by atoms with van der Waals surface area (Å²) in [5, 5.41) is 0. The fourth-order valence-electron chi connectivity index (χ4n) is 9.23. The Morgan fingerprint density at radius 1 is 0.692 bits per heavy atom. The van der Waals surface area contributed by atoms with Gasteiger partial charge in [-0.25, -0.2) is 11.6 Å². The Morgan fingerprint density at radius 3 is 1.81 bits per heavy atom. The fourth-order valence-corrected chi connectivity index (χ4v) is 10.1. The Morgan fingerprint density at radius 2 is 1.25 bits per heavy atom. The number of rotatable bonds is 3. The van der Waals surface area contributed by atoms with Crippen LogP contribution in [0.15, 0.2) is 109 Å². The molecule has 4 aromatic rings. The first-order valence-corrected chi connectivity index (χ1v) is 20.7. The van der Waals surface area contributed by atoms with E-state index in [1.807, 2.05) is 0 Å². The molecule has 0 amide bonds. The summed E-state index contributed by atoms with van der Waals surface area (Å²) < 4.78 is 1.42. The summed E-state index contributed by atoms with van der Waals surface area (Å²) in [5.41, 5.74) is 19.2. The van der Waals surface area contributed by atoms with Gasteiger partial charge in [0.05, 0.1) is 0 Å². The van der Waals surface area contributed by atoms with Crippen molar-refractivity contribution < 1.29 is 24.2 Å². The average molecular weight is 758 g/mol. The quantitative estimate of drug-likeness (QED) is 0.161. The first kappa shape index (κ1) is 36.9. The molecule has 1 saturated carbocycles. The third-order valence-corrected chi connectivity index (χ3v) is 13.6. The second-order valence-corrected chi connectivity index (χ2v) is 18.4. The molecule has 0 saturated heterocycles. The van der Waals surface area contributed by atoms with Crippen molar-refractivity contribution in [1.82, 2.24) is 0 Å². The Balaban J connectivity index is 0.000000133. The van der Waals surface area contributed by atoms with Gasteiger partial charge in [0.2, 0.25) is 0 Å². The van der Waals surface area contributed by atoms with Crippen molar-refractivity contribution in [1.29, 1.82) is 0 Å². The van der Waals surface area contributed by atoms with Crippen molar-refractivity contribution >= 4 is 14.4 Å². The molecule has 4 aromatic carbocycles. The molecule has 0 N–H and O–H groups in total. The molecular formula is C51H54Zr. The van der Waals surface area contributed by atoms with Gasteiger partial charge in [-0.2, -0.15) is 17.2 Å². The first-order chi connectivity index (χ1) is 24.8. The van der Waals surface area contributed by atoms with E-state index >= 15 is 0 Å². The zero-order valence-corrected chi connectivity index (χ0v) is 35.1. The van der Waals surface area contributed by atoms with Crippen LogP contribution in [0.3, 0.4) is 0 Å². The second-order valence-electron chi connectivity index (χ2n) is 17.2. The molecule has 262 valence electrons. The van der Waals surface area contributed by atoms with Gasteiger partial charge >= 0.3 is 99.2 Å². The van der Waals surface area contributed by atoms with Crippen LogP contribution in [0.1, 0.15) is 132 Å². The molecule has 1 heteroatoms. The van der Waals surface area contributed by atoms with Gasteiger partial charge in [0.15, 0.2) is 0 Å². The van der Waals surface area contributed by atoms with Crippen LogP contribution in [-0.2, 0) is 41.5 Å². The third-order valence-electron chi connectivity index (χ3n) is 12.1. The van der Waals surface area contributed by atoms with Gasteiger partial charge in [-0.15, -0.1) is 11.6 Å². The fraction of sp³-hybridized carbons (Fsp3) is 0.353. The normalized spacial score (nSPS) is 20.5. The van der Waals surface area contributed by atoms with Gasteiger partial charge in [-0.05, 0) is 58.4 Å². The standard InChI is InChI=1S/C25H25.C13H19.C13H10.Zr/c1-14-12-24(3,4)22-8-16-7-17-9-23-19(15(2)13-25(23,5)6)11-21(17)20(16)10-18(14)22;1-11-6-7-12(10-11)13(2)8-4-3-5-9-13;1-3-7-12(8-4-1)11-13-9-5-2-6-10-13;/h8-12H,7H2,1-6H3;7,10-11H,3-5,8-9H2,1-2H3;1-10H;/q2*-1;;+2. The topological polar surface area (TPSA) is 0 Å². The molecule has 1 unspecified atom stereocenters. The molecule has 0 heterocycles. The van der Waals surface area contributed by atoms with Crippen LogP contribution in [0, 0.1) is 23.5 Å². The molecule has 1 atom stereocenters. The third kappa shape index (κ3) is 7.25. The number of fused-ring (bicyclic) bond motifs is 5. The average Bonchev–Trinajstić information content (AvgIpc) is 3.85. The maximum absolute atomic E-state index is 3.65. The summed E-state index contributed by atoms with van der Waals surface area (Å²) in [6.45, 7) is 18.3. The molecule has 5 aliphatic carbocycles. The Hall–Kier alpha value is -3.41. The van der Waals surface area contributed by atoms with Gasteiger partial charge in [0.25, 0.3) is 0 Å². The predicted octanol–water partition coefficient (Wildman–Crippen LogP) is 13.1. The van der Waals surface area contributed by atoms with Crippen LogP contribution >= 0.6 is 0 Å². The van der Waals surface area contributed by atoms with Crippen molar-refractivity contribution in [3.8, 4) is 11.1 Å². The summed E-state index contributed by atoms with van der Waals surface area (Å²) in [5.74, 6) is 0.550. The van der Waals surface area contributed by atoms with Crippen molar-refractivity contribution in [2.75, 3.05) is 0 Å². The van der Waals surface area contributed by atoms with E-state index in [-0.39, 0.29) is 10.8 Å². The van der Waals surface area contributed by atoms with Gasteiger partial charge in [-0.1, -0.05) is 116 Å². The molecule has 0 aromatic heterocycles. The molecule has 52 heavy (non-hydrogen) atoms. The van der Waals surface area contributed by atoms with E-state index in [2.05, 4.69) is 171 Å².